The highest BCUT2D eigenvalue weighted by Crippen LogP contribution is 1.97. The van der Waals surface area contributed by atoms with Crippen molar-refractivity contribution in [2.24, 2.45) is 5.73 Å². The van der Waals surface area contributed by atoms with Crippen molar-refractivity contribution in [3.05, 3.63) is 0 Å². The van der Waals surface area contributed by atoms with Crippen molar-refractivity contribution in [1.29, 1.82) is 0 Å². The minimum atomic E-state index is -1.17. The molecule has 2 atom stereocenters. The van der Waals surface area contributed by atoms with Gasteiger partial charge in [-0.1, -0.05) is 19.8 Å². The SMILES string of the molecule is CCCCCOC(=O)[C@H](C)NC(=O)[C@H](N)CC(=O)O. The maximum atomic E-state index is 11.5. The number of nitrogens with one attached hydrogen (secondary N) is 1. The highest BCUT2D eigenvalue weighted by molar-refractivity contribution is 5.89. The molecule has 4 N–H and O–H groups in total. The lowest BCUT2D eigenvalue weighted by Gasteiger charge is -2.15. The van der Waals surface area contributed by atoms with Gasteiger partial charge >= 0.3 is 11.9 Å². The molecule has 0 spiro atoms. The number of carboxylic acid groups (broad SMARTS) is 1. The van der Waals surface area contributed by atoms with E-state index in [1.807, 2.05) is 6.92 Å². The number of rotatable bonds is 9. The number of nitrogens with two attached hydrogens (primary N) is 1. The molecule has 0 aromatic carbocycles. The second-order valence-corrected chi connectivity index (χ2v) is 4.31. The molecule has 0 fully saturated rings. The van der Waals surface area contributed by atoms with Gasteiger partial charge in [-0.25, -0.2) is 4.79 Å². The fourth-order valence-corrected chi connectivity index (χ4v) is 1.31. The van der Waals surface area contributed by atoms with E-state index in [0.717, 1.165) is 19.3 Å². The third kappa shape index (κ3) is 8.15. The Hall–Kier alpha value is -1.63. The van der Waals surface area contributed by atoms with Gasteiger partial charge in [0.05, 0.1) is 19.1 Å². The maximum Gasteiger partial charge on any atom is 0.328 e. The van der Waals surface area contributed by atoms with E-state index in [1.165, 1.54) is 6.92 Å². The van der Waals surface area contributed by atoms with Gasteiger partial charge in [-0.15, -0.1) is 0 Å². The number of carbonyl (C=O) groups excluding carboxylic acids is 2. The van der Waals surface area contributed by atoms with E-state index in [0.29, 0.717) is 6.61 Å². The van der Waals surface area contributed by atoms with Crippen LogP contribution in [0.1, 0.15) is 39.5 Å². The van der Waals surface area contributed by atoms with E-state index in [-0.39, 0.29) is 0 Å². The van der Waals surface area contributed by atoms with Crippen LogP contribution < -0.4 is 11.1 Å². The van der Waals surface area contributed by atoms with Crippen LogP contribution in [-0.4, -0.2) is 41.6 Å². The van der Waals surface area contributed by atoms with Crippen LogP contribution in [-0.2, 0) is 19.1 Å². The zero-order valence-corrected chi connectivity index (χ0v) is 11.3. The van der Waals surface area contributed by atoms with Crippen molar-refractivity contribution in [2.75, 3.05) is 6.61 Å². The van der Waals surface area contributed by atoms with Crippen molar-refractivity contribution < 1.29 is 24.2 Å². The standard InChI is InChI=1S/C12H22N2O5/c1-3-4-5-6-19-12(18)8(2)14-11(17)9(13)7-10(15)16/h8-9H,3-7,13H2,1-2H3,(H,14,17)(H,15,16)/t8-,9+/m0/s1. The van der Waals surface area contributed by atoms with Crippen molar-refractivity contribution in [3.8, 4) is 0 Å². The number of hydrogen-bond acceptors (Lipinski definition) is 5. The van der Waals surface area contributed by atoms with Crippen LogP contribution in [0.3, 0.4) is 0 Å². The number of ether oxygens (including phenoxy) is 1. The van der Waals surface area contributed by atoms with Crippen LogP contribution in [0, 0.1) is 0 Å². The molecule has 0 aliphatic heterocycles. The zero-order valence-electron chi connectivity index (χ0n) is 11.3. The van der Waals surface area contributed by atoms with Gasteiger partial charge in [0.15, 0.2) is 0 Å². The Bertz CT molecular complexity index is 319. The molecule has 0 aliphatic rings. The summed E-state index contributed by atoms with van der Waals surface area (Å²) in [5.74, 6) is -2.40. The third-order valence-electron chi connectivity index (χ3n) is 2.44. The van der Waals surface area contributed by atoms with E-state index in [2.05, 4.69) is 5.32 Å². The average Bonchev–Trinajstić information content (AvgIpc) is 2.33. The first-order chi connectivity index (χ1) is 8.88. The van der Waals surface area contributed by atoms with Gasteiger partial charge in [0.25, 0.3) is 0 Å². The number of carbonyl (C=O) groups is 3. The monoisotopic (exact) mass is 274 g/mol. The molecule has 7 nitrogen and oxygen atoms in total. The minimum Gasteiger partial charge on any atom is -0.481 e. The van der Waals surface area contributed by atoms with Gasteiger partial charge in [-0.2, -0.15) is 0 Å². The van der Waals surface area contributed by atoms with Gasteiger partial charge in [-0.3, -0.25) is 9.59 Å². The lowest BCUT2D eigenvalue weighted by Crippen LogP contribution is -2.48. The molecule has 0 rings (SSSR count). The maximum absolute atomic E-state index is 11.5. The first kappa shape index (κ1) is 17.4. The Kier molecular flexibility index (Phi) is 8.52. The number of amides is 1. The smallest absolute Gasteiger partial charge is 0.328 e. The molecule has 110 valence electrons. The fraction of sp³-hybridized carbons (Fsp3) is 0.750. The number of aliphatic carboxylic acids is 1. The predicted octanol–water partition coefficient (Wildman–Crippen LogP) is 0.0265. The average molecular weight is 274 g/mol. The zero-order chi connectivity index (χ0) is 14.8. The molecule has 1 amide bonds. The lowest BCUT2D eigenvalue weighted by molar-refractivity contribution is -0.147. The fourth-order valence-electron chi connectivity index (χ4n) is 1.31. The van der Waals surface area contributed by atoms with E-state index < -0.39 is 36.4 Å². The van der Waals surface area contributed by atoms with E-state index >= 15 is 0 Å². The molecular formula is C12H22N2O5. The molecule has 0 bridgehead atoms. The summed E-state index contributed by atoms with van der Waals surface area (Å²) in [4.78, 5) is 33.3. The molecule has 0 heterocycles. The lowest BCUT2D eigenvalue weighted by atomic mass is 10.2. The van der Waals surface area contributed by atoms with Gasteiger partial charge in [0, 0.05) is 0 Å². The molecule has 7 heteroatoms. The van der Waals surface area contributed by atoms with Crippen LogP contribution in [0.2, 0.25) is 0 Å². The molecule has 0 aromatic rings. The molecular weight excluding hydrogens is 252 g/mol. The van der Waals surface area contributed by atoms with Gasteiger partial charge in [0.1, 0.15) is 6.04 Å². The molecule has 0 unspecified atom stereocenters. The van der Waals surface area contributed by atoms with Crippen molar-refractivity contribution in [3.63, 3.8) is 0 Å². The van der Waals surface area contributed by atoms with E-state index in [4.69, 9.17) is 15.6 Å². The summed E-state index contributed by atoms with van der Waals surface area (Å²) < 4.78 is 4.96. The topological polar surface area (TPSA) is 119 Å². The van der Waals surface area contributed by atoms with Crippen LogP contribution >= 0.6 is 0 Å². The summed E-state index contributed by atoms with van der Waals surface area (Å²) in [7, 11) is 0. The molecule has 0 radical (unpaired) electrons. The number of unbranched alkanes of at least 4 members (excludes halogenated alkanes) is 2. The Morgan fingerprint density at radius 1 is 1.32 bits per heavy atom. The van der Waals surface area contributed by atoms with Crippen LogP contribution in [0.5, 0.6) is 0 Å². The Morgan fingerprint density at radius 2 is 1.95 bits per heavy atom. The second-order valence-electron chi connectivity index (χ2n) is 4.31. The third-order valence-corrected chi connectivity index (χ3v) is 2.44. The van der Waals surface area contributed by atoms with Crippen LogP contribution in [0.15, 0.2) is 0 Å². The van der Waals surface area contributed by atoms with Gasteiger partial charge < -0.3 is 20.9 Å². The highest BCUT2D eigenvalue weighted by Gasteiger charge is 2.22. The van der Waals surface area contributed by atoms with Crippen molar-refractivity contribution in [2.45, 2.75) is 51.6 Å². The minimum absolute atomic E-state index is 0.314. The Morgan fingerprint density at radius 3 is 2.47 bits per heavy atom. The Labute approximate surface area is 112 Å². The van der Waals surface area contributed by atoms with Crippen LogP contribution in [0.25, 0.3) is 0 Å². The first-order valence-electron chi connectivity index (χ1n) is 6.32. The number of hydrogen-bond donors (Lipinski definition) is 3. The van der Waals surface area contributed by atoms with E-state index in [9.17, 15) is 14.4 Å². The van der Waals surface area contributed by atoms with Crippen LogP contribution in [0.4, 0.5) is 0 Å². The normalized spacial score (nSPS) is 13.4. The first-order valence-corrected chi connectivity index (χ1v) is 6.32. The molecule has 0 aliphatic carbocycles. The number of esters is 1. The summed E-state index contributed by atoms with van der Waals surface area (Å²) >= 11 is 0. The summed E-state index contributed by atoms with van der Waals surface area (Å²) in [5, 5.41) is 10.8. The van der Waals surface area contributed by atoms with Gasteiger partial charge in [0.2, 0.25) is 5.91 Å². The molecule has 0 saturated heterocycles. The van der Waals surface area contributed by atoms with Crippen molar-refractivity contribution >= 4 is 17.8 Å². The summed E-state index contributed by atoms with van der Waals surface area (Å²) in [5.41, 5.74) is 5.36. The van der Waals surface area contributed by atoms with Crippen molar-refractivity contribution in [1.82, 2.24) is 5.32 Å². The largest absolute Gasteiger partial charge is 0.481 e. The Balaban J connectivity index is 4.00. The second kappa shape index (κ2) is 9.32. The summed E-state index contributed by atoms with van der Waals surface area (Å²) in [6.07, 6.45) is 2.29. The molecule has 0 saturated carbocycles. The molecule has 0 aromatic heterocycles. The summed E-state index contributed by atoms with van der Waals surface area (Å²) in [6, 6.07) is -2.01. The summed E-state index contributed by atoms with van der Waals surface area (Å²) in [6.45, 7) is 3.82. The predicted molar refractivity (Wildman–Crippen MR) is 68.3 cm³/mol. The van der Waals surface area contributed by atoms with E-state index in [1.54, 1.807) is 0 Å². The highest BCUT2D eigenvalue weighted by atomic mass is 16.5. The molecule has 19 heavy (non-hydrogen) atoms. The number of carboxylic acids is 1. The quantitative estimate of drug-likeness (QED) is 0.403. The van der Waals surface area contributed by atoms with Gasteiger partial charge in [-0.05, 0) is 13.3 Å².